The van der Waals surface area contributed by atoms with Gasteiger partial charge in [-0.15, -0.1) is 19.7 Å². The average Bonchev–Trinajstić information content (AvgIpc) is 3.17. The van der Waals surface area contributed by atoms with E-state index in [0.29, 0.717) is 0 Å². The maximum absolute atomic E-state index is 4.22. The van der Waals surface area contributed by atoms with Crippen molar-refractivity contribution in [1.82, 2.24) is 14.3 Å². The molecule has 2 aliphatic carbocycles. The fourth-order valence-corrected chi connectivity index (χ4v) is 4.64. The second-order valence-electron chi connectivity index (χ2n) is 8.93. The zero-order valence-electron chi connectivity index (χ0n) is 19.9. The summed E-state index contributed by atoms with van der Waals surface area (Å²) in [7, 11) is 0. The Bertz CT molecular complexity index is 1030. The van der Waals surface area contributed by atoms with Crippen LogP contribution in [0.25, 0.3) is 11.8 Å². The quantitative estimate of drug-likeness (QED) is 0.374. The van der Waals surface area contributed by atoms with Crippen molar-refractivity contribution in [2.75, 3.05) is 0 Å². The molecule has 1 aromatic carbocycles. The highest BCUT2D eigenvalue weighted by Crippen LogP contribution is 2.69. The van der Waals surface area contributed by atoms with Gasteiger partial charge in [0.15, 0.2) is 0 Å². The predicted octanol–water partition coefficient (Wildman–Crippen LogP) is 7.48. The molecule has 0 saturated heterocycles. The first-order valence-corrected chi connectivity index (χ1v) is 11.5. The molecule has 0 N–H and O–H groups in total. The Balaban J connectivity index is 0.000000239. The number of hydrogen-bond acceptors (Lipinski definition) is 1. The van der Waals surface area contributed by atoms with E-state index in [1.807, 2.05) is 16.9 Å². The van der Waals surface area contributed by atoms with Crippen LogP contribution in [0.4, 0.5) is 0 Å². The van der Waals surface area contributed by atoms with Crippen molar-refractivity contribution in [3.05, 3.63) is 103 Å². The number of allylic oxidation sites excluding steroid dienone is 2. The van der Waals surface area contributed by atoms with Crippen molar-refractivity contribution in [3.8, 4) is 5.69 Å². The number of fused-ring (bicyclic) bond motifs is 1. The highest BCUT2D eigenvalue weighted by atomic mass is 15.3. The number of aromatic nitrogens is 3. The molecule has 32 heavy (non-hydrogen) atoms. The molecule has 0 spiro atoms. The van der Waals surface area contributed by atoms with Crippen LogP contribution in [0.15, 0.2) is 80.7 Å². The van der Waals surface area contributed by atoms with E-state index in [-0.39, 0.29) is 0 Å². The largest absolute Gasteiger partial charge is 0.314 e. The van der Waals surface area contributed by atoms with E-state index in [9.17, 15) is 0 Å². The summed E-state index contributed by atoms with van der Waals surface area (Å²) in [6.45, 7) is 17.0. The summed E-state index contributed by atoms with van der Waals surface area (Å²) in [6.07, 6.45) is 16.0. The maximum atomic E-state index is 4.22. The van der Waals surface area contributed by atoms with Gasteiger partial charge in [0.25, 0.3) is 0 Å². The maximum Gasteiger partial charge on any atom is 0.0593 e. The number of rotatable bonds is 6. The minimum Gasteiger partial charge on any atom is -0.314 e. The van der Waals surface area contributed by atoms with Gasteiger partial charge < -0.3 is 4.57 Å². The fourth-order valence-electron chi connectivity index (χ4n) is 4.64. The molecule has 0 amide bonds. The zero-order chi connectivity index (χ0) is 23.1. The first-order valence-electron chi connectivity index (χ1n) is 11.5. The molecule has 2 heterocycles. The molecule has 0 bridgehead atoms. The molecule has 3 aromatic rings. The Morgan fingerprint density at radius 2 is 1.91 bits per heavy atom. The van der Waals surface area contributed by atoms with Gasteiger partial charge >= 0.3 is 0 Å². The normalized spacial score (nSPS) is 20.3. The van der Waals surface area contributed by atoms with Gasteiger partial charge in [-0.25, -0.2) is 0 Å². The van der Waals surface area contributed by atoms with Crippen molar-refractivity contribution in [1.29, 1.82) is 0 Å². The van der Waals surface area contributed by atoms with Gasteiger partial charge in [0, 0.05) is 29.5 Å². The van der Waals surface area contributed by atoms with Crippen molar-refractivity contribution in [2.45, 2.75) is 53.0 Å². The Hall–Kier alpha value is -3.07. The van der Waals surface area contributed by atoms with Crippen LogP contribution in [-0.4, -0.2) is 14.3 Å². The molecule has 0 aliphatic heterocycles. The molecular weight excluding hydrogens is 390 g/mol. The van der Waals surface area contributed by atoms with Gasteiger partial charge in [-0.05, 0) is 93.7 Å². The summed E-state index contributed by atoms with van der Waals surface area (Å²) in [5, 5.41) is 4.22. The SMILES string of the molecule is C=C.C=CCC12CCC1C2.Cc1ccc(-n2c(/C=C/Cn3cccn3)cc(C)c2C)cc1. The molecule has 2 fully saturated rings. The monoisotopic (exact) mass is 427 g/mol. The van der Waals surface area contributed by atoms with E-state index in [0.717, 1.165) is 17.9 Å². The van der Waals surface area contributed by atoms with E-state index < -0.39 is 0 Å². The third kappa shape index (κ3) is 5.21. The van der Waals surface area contributed by atoms with Crippen molar-refractivity contribution < 1.29 is 0 Å². The van der Waals surface area contributed by atoms with Gasteiger partial charge in [-0.1, -0.05) is 29.8 Å². The van der Waals surface area contributed by atoms with Crippen LogP contribution < -0.4 is 0 Å². The summed E-state index contributed by atoms with van der Waals surface area (Å²) in [5.41, 5.74) is 7.09. The molecule has 3 heteroatoms. The van der Waals surface area contributed by atoms with Gasteiger partial charge in [-0.3, -0.25) is 4.68 Å². The van der Waals surface area contributed by atoms with E-state index in [4.69, 9.17) is 0 Å². The number of hydrogen-bond donors (Lipinski definition) is 0. The van der Waals surface area contributed by atoms with Crippen molar-refractivity contribution >= 4 is 6.08 Å². The molecule has 2 aromatic heterocycles. The Morgan fingerprint density at radius 1 is 1.16 bits per heavy atom. The van der Waals surface area contributed by atoms with E-state index in [1.54, 1.807) is 6.20 Å². The van der Waals surface area contributed by atoms with Gasteiger partial charge in [0.1, 0.15) is 0 Å². The minimum atomic E-state index is 0.782. The van der Waals surface area contributed by atoms with Crippen molar-refractivity contribution in [3.63, 3.8) is 0 Å². The van der Waals surface area contributed by atoms with Crippen LogP contribution in [0.3, 0.4) is 0 Å². The lowest BCUT2D eigenvalue weighted by Gasteiger charge is -2.23. The molecule has 2 unspecified atom stereocenters. The molecule has 168 valence electrons. The van der Waals surface area contributed by atoms with Crippen LogP contribution in [0.5, 0.6) is 0 Å². The number of aryl methyl sites for hydroxylation is 2. The lowest BCUT2D eigenvalue weighted by molar-refractivity contribution is 0.297. The van der Waals surface area contributed by atoms with Crippen LogP contribution in [0.2, 0.25) is 0 Å². The highest BCUT2D eigenvalue weighted by molar-refractivity contribution is 5.54. The topological polar surface area (TPSA) is 22.8 Å². The lowest BCUT2D eigenvalue weighted by Crippen LogP contribution is -2.12. The second-order valence-corrected chi connectivity index (χ2v) is 8.93. The smallest absolute Gasteiger partial charge is 0.0593 e. The molecule has 2 atom stereocenters. The van der Waals surface area contributed by atoms with Gasteiger partial charge in [-0.2, -0.15) is 5.10 Å². The Kier molecular flexibility index (Phi) is 7.74. The van der Waals surface area contributed by atoms with Crippen LogP contribution in [0, 0.1) is 32.1 Å². The first-order chi connectivity index (χ1) is 15.5. The summed E-state index contributed by atoms with van der Waals surface area (Å²) in [4.78, 5) is 0. The first kappa shape index (κ1) is 23.6. The highest BCUT2D eigenvalue weighted by Gasteiger charge is 2.59. The summed E-state index contributed by atoms with van der Waals surface area (Å²) in [6, 6.07) is 12.8. The summed E-state index contributed by atoms with van der Waals surface area (Å²) < 4.78 is 4.21. The fraction of sp³-hybridized carbons (Fsp3) is 0.345. The summed E-state index contributed by atoms with van der Waals surface area (Å²) in [5.74, 6) is 1.13. The minimum absolute atomic E-state index is 0.782. The average molecular weight is 428 g/mol. The molecule has 5 rings (SSSR count). The zero-order valence-corrected chi connectivity index (χ0v) is 19.9. The van der Waals surface area contributed by atoms with Gasteiger partial charge in [0.05, 0.1) is 6.54 Å². The second kappa shape index (κ2) is 10.5. The van der Waals surface area contributed by atoms with Gasteiger partial charge in [0.2, 0.25) is 0 Å². The third-order valence-electron chi connectivity index (χ3n) is 6.86. The molecule has 2 saturated carbocycles. The van der Waals surface area contributed by atoms with E-state index >= 15 is 0 Å². The van der Waals surface area contributed by atoms with Crippen LogP contribution in [-0.2, 0) is 6.54 Å². The number of benzene rings is 1. The third-order valence-corrected chi connectivity index (χ3v) is 6.86. The summed E-state index contributed by atoms with van der Waals surface area (Å²) >= 11 is 0. The predicted molar refractivity (Wildman–Crippen MR) is 137 cm³/mol. The molecule has 2 aliphatic rings. The Labute approximate surface area is 193 Å². The Morgan fingerprint density at radius 3 is 2.41 bits per heavy atom. The molecule has 0 radical (unpaired) electrons. The number of nitrogens with zero attached hydrogens (tertiary/aromatic N) is 3. The molecular formula is C29H37N3. The van der Waals surface area contributed by atoms with Crippen molar-refractivity contribution in [2.24, 2.45) is 11.3 Å². The van der Waals surface area contributed by atoms with Crippen LogP contribution >= 0.6 is 0 Å². The van der Waals surface area contributed by atoms with E-state index in [2.05, 4.69) is 98.7 Å². The lowest BCUT2D eigenvalue weighted by atomic mass is 9.82. The molecule has 3 nitrogen and oxygen atoms in total. The van der Waals surface area contributed by atoms with Crippen LogP contribution in [0.1, 0.15) is 48.2 Å². The standard InChI is InChI=1S/C19H21N3.C8H12.C2H4/c1-15-7-9-18(10-8-15)22-17(3)16(2)14-19(22)6-4-12-21-13-5-11-20-21;1-2-4-8-5-3-7(8)6-8;1-2/h4-11,13-14H,12H2,1-3H3;2,7H,1,3-6H2;1-2H2/b6-4+;;. The van der Waals surface area contributed by atoms with E-state index in [1.165, 1.54) is 53.9 Å².